The van der Waals surface area contributed by atoms with E-state index in [1.54, 1.807) is 0 Å². The fourth-order valence-electron chi connectivity index (χ4n) is 2.09. The molecule has 1 N–H and O–H groups in total. The van der Waals surface area contributed by atoms with Crippen molar-refractivity contribution in [2.45, 2.75) is 19.9 Å². The number of carboxylic acid groups (broad SMARTS) is 1. The number of benzene rings is 1. The van der Waals surface area contributed by atoms with E-state index < -0.39 is 5.97 Å². The molecule has 0 atom stereocenters. The Kier molecular flexibility index (Phi) is 5.67. The SMILES string of the molecule is Cc1ccccc1N(CCC(=O)O)Cc1cc(Br)c(Cl)s1. The summed E-state index contributed by atoms with van der Waals surface area (Å²) in [5.41, 5.74) is 2.18. The van der Waals surface area contributed by atoms with E-state index in [0.717, 1.165) is 20.6 Å². The van der Waals surface area contributed by atoms with Gasteiger partial charge >= 0.3 is 5.97 Å². The Morgan fingerprint density at radius 3 is 2.71 bits per heavy atom. The van der Waals surface area contributed by atoms with Gasteiger partial charge in [0.2, 0.25) is 0 Å². The number of carboxylic acids is 1. The molecule has 0 saturated heterocycles. The van der Waals surface area contributed by atoms with Crippen LogP contribution in [-0.2, 0) is 11.3 Å². The fourth-order valence-corrected chi connectivity index (χ4v) is 3.90. The molecule has 1 heterocycles. The first-order valence-corrected chi connectivity index (χ1v) is 8.42. The van der Waals surface area contributed by atoms with Gasteiger partial charge in [0, 0.05) is 21.6 Å². The van der Waals surface area contributed by atoms with E-state index in [-0.39, 0.29) is 6.42 Å². The summed E-state index contributed by atoms with van der Waals surface area (Å²) in [6.45, 7) is 3.14. The van der Waals surface area contributed by atoms with Crippen LogP contribution in [0.3, 0.4) is 0 Å². The number of carbonyl (C=O) groups is 1. The smallest absolute Gasteiger partial charge is 0.305 e. The molecule has 1 aromatic heterocycles. The quantitative estimate of drug-likeness (QED) is 0.761. The lowest BCUT2D eigenvalue weighted by Crippen LogP contribution is -2.25. The van der Waals surface area contributed by atoms with Gasteiger partial charge < -0.3 is 10.0 Å². The molecule has 0 unspecified atom stereocenters. The number of hydrogen-bond donors (Lipinski definition) is 1. The van der Waals surface area contributed by atoms with Crippen molar-refractivity contribution in [1.29, 1.82) is 0 Å². The first-order chi connectivity index (χ1) is 9.97. The molecule has 3 nitrogen and oxygen atoms in total. The lowest BCUT2D eigenvalue weighted by molar-refractivity contribution is -0.136. The summed E-state index contributed by atoms with van der Waals surface area (Å²) in [6.07, 6.45) is 0.106. The van der Waals surface area contributed by atoms with Crippen molar-refractivity contribution < 1.29 is 9.90 Å². The zero-order chi connectivity index (χ0) is 15.4. The average Bonchev–Trinajstić information content (AvgIpc) is 2.74. The van der Waals surface area contributed by atoms with Crippen LogP contribution in [0.2, 0.25) is 4.34 Å². The molecule has 112 valence electrons. The summed E-state index contributed by atoms with van der Waals surface area (Å²) in [7, 11) is 0. The van der Waals surface area contributed by atoms with Gasteiger partial charge in [-0.3, -0.25) is 4.79 Å². The molecule has 0 saturated carbocycles. The van der Waals surface area contributed by atoms with E-state index in [9.17, 15) is 4.79 Å². The van der Waals surface area contributed by atoms with Crippen LogP contribution in [0.4, 0.5) is 5.69 Å². The van der Waals surface area contributed by atoms with Crippen molar-refractivity contribution in [3.63, 3.8) is 0 Å². The Hall–Kier alpha value is -1.04. The van der Waals surface area contributed by atoms with Crippen LogP contribution >= 0.6 is 38.9 Å². The second kappa shape index (κ2) is 7.29. The van der Waals surface area contributed by atoms with Gasteiger partial charge in [-0.1, -0.05) is 29.8 Å². The Labute approximate surface area is 141 Å². The first kappa shape index (κ1) is 16.3. The highest BCUT2D eigenvalue weighted by Crippen LogP contribution is 2.33. The van der Waals surface area contributed by atoms with Gasteiger partial charge in [0.15, 0.2) is 0 Å². The van der Waals surface area contributed by atoms with Gasteiger partial charge in [0.1, 0.15) is 4.34 Å². The largest absolute Gasteiger partial charge is 0.481 e. The summed E-state index contributed by atoms with van der Waals surface area (Å²) < 4.78 is 1.60. The highest BCUT2D eigenvalue weighted by Gasteiger charge is 2.14. The number of hydrogen-bond acceptors (Lipinski definition) is 3. The number of rotatable bonds is 6. The molecule has 21 heavy (non-hydrogen) atoms. The average molecular weight is 389 g/mol. The van der Waals surface area contributed by atoms with Gasteiger partial charge in [0.25, 0.3) is 0 Å². The molecular weight excluding hydrogens is 374 g/mol. The number of anilines is 1. The molecule has 0 aliphatic rings. The molecule has 2 rings (SSSR count). The van der Waals surface area contributed by atoms with Crippen LogP contribution in [0.5, 0.6) is 0 Å². The standard InChI is InChI=1S/C15H15BrClNO2S/c1-10-4-2-3-5-13(10)18(7-6-14(19)20)9-11-8-12(16)15(17)21-11/h2-5,8H,6-7,9H2,1H3,(H,19,20). The fraction of sp³-hybridized carbons (Fsp3) is 0.267. The second-order valence-electron chi connectivity index (χ2n) is 4.69. The lowest BCUT2D eigenvalue weighted by Gasteiger charge is -2.25. The molecular formula is C15H15BrClNO2S. The molecule has 0 radical (unpaired) electrons. The summed E-state index contributed by atoms with van der Waals surface area (Å²) >= 11 is 11.0. The van der Waals surface area contributed by atoms with Crippen molar-refractivity contribution in [2.24, 2.45) is 0 Å². The second-order valence-corrected chi connectivity index (χ2v) is 7.28. The number of nitrogens with zero attached hydrogens (tertiary/aromatic N) is 1. The minimum Gasteiger partial charge on any atom is -0.481 e. The predicted molar refractivity (Wildman–Crippen MR) is 91.5 cm³/mol. The monoisotopic (exact) mass is 387 g/mol. The zero-order valence-electron chi connectivity index (χ0n) is 11.5. The maximum absolute atomic E-state index is 10.9. The summed E-state index contributed by atoms with van der Waals surface area (Å²) in [5, 5.41) is 8.94. The van der Waals surface area contributed by atoms with Crippen LogP contribution in [0.25, 0.3) is 0 Å². The van der Waals surface area contributed by atoms with Crippen molar-refractivity contribution in [3.05, 3.63) is 49.6 Å². The minimum atomic E-state index is -0.793. The van der Waals surface area contributed by atoms with E-state index in [2.05, 4.69) is 20.8 Å². The van der Waals surface area contributed by atoms with E-state index in [4.69, 9.17) is 16.7 Å². The van der Waals surface area contributed by atoms with Crippen molar-refractivity contribution in [1.82, 2.24) is 0 Å². The maximum Gasteiger partial charge on any atom is 0.305 e. The van der Waals surface area contributed by atoms with E-state index >= 15 is 0 Å². The van der Waals surface area contributed by atoms with Gasteiger partial charge in [-0.25, -0.2) is 0 Å². The maximum atomic E-state index is 10.9. The summed E-state index contributed by atoms with van der Waals surface area (Å²) in [5.74, 6) is -0.793. The Morgan fingerprint density at radius 1 is 1.43 bits per heavy atom. The topological polar surface area (TPSA) is 40.5 Å². The van der Waals surface area contributed by atoms with Gasteiger partial charge in [-0.2, -0.15) is 0 Å². The van der Waals surface area contributed by atoms with Gasteiger partial charge in [-0.15, -0.1) is 11.3 Å². The van der Waals surface area contributed by atoms with Gasteiger partial charge in [-0.05, 0) is 40.5 Å². The van der Waals surface area contributed by atoms with E-state index in [0.29, 0.717) is 17.4 Å². The van der Waals surface area contributed by atoms with Crippen molar-refractivity contribution >= 4 is 50.5 Å². The minimum absolute atomic E-state index is 0.106. The molecule has 2 aromatic rings. The van der Waals surface area contributed by atoms with E-state index in [1.165, 1.54) is 11.3 Å². The Morgan fingerprint density at radius 2 is 2.14 bits per heavy atom. The number of aliphatic carboxylic acids is 1. The van der Waals surface area contributed by atoms with Crippen LogP contribution in [0.15, 0.2) is 34.8 Å². The zero-order valence-corrected chi connectivity index (χ0v) is 14.6. The van der Waals surface area contributed by atoms with Crippen LogP contribution in [0.1, 0.15) is 16.9 Å². The molecule has 1 aromatic carbocycles. The van der Waals surface area contributed by atoms with Crippen molar-refractivity contribution in [3.8, 4) is 0 Å². The van der Waals surface area contributed by atoms with Gasteiger partial charge in [0.05, 0.1) is 13.0 Å². The summed E-state index contributed by atoms with van der Waals surface area (Å²) in [6, 6.07) is 9.97. The highest BCUT2D eigenvalue weighted by atomic mass is 79.9. The number of thiophene rings is 1. The highest BCUT2D eigenvalue weighted by molar-refractivity contribution is 9.10. The third kappa shape index (κ3) is 4.46. The lowest BCUT2D eigenvalue weighted by atomic mass is 10.1. The van der Waals surface area contributed by atoms with Crippen LogP contribution in [-0.4, -0.2) is 17.6 Å². The van der Waals surface area contributed by atoms with Crippen molar-refractivity contribution in [2.75, 3.05) is 11.4 Å². The number of aryl methyl sites for hydroxylation is 1. The normalized spacial score (nSPS) is 10.6. The first-order valence-electron chi connectivity index (χ1n) is 6.43. The number of para-hydroxylation sites is 1. The Bertz CT molecular complexity index is 625. The third-order valence-electron chi connectivity index (χ3n) is 3.09. The summed E-state index contributed by atoms with van der Waals surface area (Å²) in [4.78, 5) is 14.1. The van der Waals surface area contributed by atoms with Crippen LogP contribution < -0.4 is 4.90 Å². The molecule has 6 heteroatoms. The Balaban J connectivity index is 2.23. The molecule has 0 aliphatic heterocycles. The molecule has 0 bridgehead atoms. The van der Waals surface area contributed by atoms with Crippen LogP contribution in [0, 0.1) is 6.92 Å². The molecule has 0 fully saturated rings. The molecule has 0 aliphatic carbocycles. The number of halogens is 2. The predicted octanol–water partition coefficient (Wildman–Crippen LogP) is 4.95. The molecule has 0 amide bonds. The molecule has 0 spiro atoms. The third-order valence-corrected chi connectivity index (χ3v) is 5.55. The van der Waals surface area contributed by atoms with E-state index in [1.807, 2.05) is 37.3 Å².